The van der Waals surface area contributed by atoms with Crippen molar-refractivity contribution in [2.45, 2.75) is 32.7 Å². The van der Waals surface area contributed by atoms with E-state index in [1.807, 2.05) is 30.3 Å². The average Bonchev–Trinajstić information content (AvgIpc) is 3.19. The van der Waals surface area contributed by atoms with Crippen molar-refractivity contribution in [2.24, 2.45) is 0 Å². The summed E-state index contributed by atoms with van der Waals surface area (Å²) >= 11 is 1.71. The third-order valence-corrected chi connectivity index (χ3v) is 5.30. The predicted octanol–water partition coefficient (Wildman–Crippen LogP) is 4.16. The van der Waals surface area contributed by atoms with Crippen LogP contribution >= 0.6 is 11.3 Å². The molecule has 1 N–H and O–H groups in total. The van der Waals surface area contributed by atoms with Crippen molar-refractivity contribution in [1.29, 1.82) is 0 Å². The molecule has 1 aromatic heterocycles. The average molecular weight is 314 g/mol. The number of anilines is 1. The highest BCUT2D eigenvalue weighted by Crippen LogP contribution is 2.31. The lowest BCUT2D eigenvalue weighted by molar-refractivity contribution is 0.102. The van der Waals surface area contributed by atoms with Gasteiger partial charge in [-0.15, -0.1) is 11.3 Å². The Bertz CT molecular complexity index is 630. The van der Waals surface area contributed by atoms with E-state index in [0.717, 1.165) is 18.0 Å². The van der Waals surface area contributed by atoms with Gasteiger partial charge in [-0.3, -0.25) is 9.69 Å². The van der Waals surface area contributed by atoms with Crippen molar-refractivity contribution >= 4 is 22.2 Å². The molecule has 0 radical (unpaired) electrons. The lowest BCUT2D eigenvalue weighted by Crippen LogP contribution is -2.19. The molecule has 3 nitrogen and oxygen atoms in total. The Balaban J connectivity index is 1.76. The van der Waals surface area contributed by atoms with Crippen LogP contribution in [0.4, 0.5) is 5.00 Å². The molecule has 0 unspecified atom stereocenters. The van der Waals surface area contributed by atoms with Gasteiger partial charge >= 0.3 is 0 Å². The van der Waals surface area contributed by atoms with Gasteiger partial charge in [0.05, 0.1) is 5.00 Å². The van der Waals surface area contributed by atoms with Crippen LogP contribution in [-0.2, 0) is 13.0 Å². The number of nitrogens with one attached hydrogen (secondary N) is 1. The van der Waals surface area contributed by atoms with E-state index in [4.69, 9.17) is 0 Å². The highest BCUT2D eigenvalue weighted by atomic mass is 32.1. The summed E-state index contributed by atoms with van der Waals surface area (Å²) in [5.74, 6) is -0.0206. The van der Waals surface area contributed by atoms with E-state index in [-0.39, 0.29) is 5.91 Å². The van der Waals surface area contributed by atoms with Gasteiger partial charge in [0, 0.05) is 22.5 Å². The molecule has 2 heterocycles. The smallest absolute Gasteiger partial charge is 0.256 e. The van der Waals surface area contributed by atoms with E-state index in [9.17, 15) is 4.79 Å². The van der Waals surface area contributed by atoms with Crippen LogP contribution in [0.15, 0.2) is 36.4 Å². The number of aryl methyl sites for hydroxylation is 1. The molecule has 116 valence electrons. The van der Waals surface area contributed by atoms with Gasteiger partial charge in [0.1, 0.15) is 0 Å². The van der Waals surface area contributed by atoms with Gasteiger partial charge < -0.3 is 5.32 Å². The zero-order chi connectivity index (χ0) is 15.4. The molecule has 1 aliphatic heterocycles. The molecule has 0 aliphatic carbocycles. The van der Waals surface area contributed by atoms with E-state index in [1.54, 1.807) is 11.3 Å². The topological polar surface area (TPSA) is 32.3 Å². The monoisotopic (exact) mass is 314 g/mol. The number of likely N-dealkylation sites (tertiary alicyclic amines) is 1. The lowest BCUT2D eigenvalue weighted by Gasteiger charge is -2.15. The van der Waals surface area contributed by atoms with Crippen LogP contribution in [0.25, 0.3) is 0 Å². The first kappa shape index (κ1) is 15.3. The second kappa shape index (κ2) is 7.07. The molecular weight excluding hydrogens is 292 g/mol. The number of nitrogens with zero attached hydrogens (tertiary/aromatic N) is 1. The van der Waals surface area contributed by atoms with Gasteiger partial charge in [0.25, 0.3) is 5.91 Å². The second-order valence-electron chi connectivity index (χ2n) is 5.72. The van der Waals surface area contributed by atoms with Gasteiger partial charge in [-0.1, -0.05) is 25.1 Å². The minimum Gasteiger partial charge on any atom is -0.313 e. The van der Waals surface area contributed by atoms with Crippen molar-refractivity contribution in [1.82, 2.24) is 4.90 Å². The fraction of sp³-hybridized carbons (Fsp3) is 0.389. The molecule has 1 fully saturated rings. The van der Waals surface area contributed by atoms with Crippen LogP contribution in [0.5, 0.6) is 0 Å². The molecule has 0 saturated carbocycles. The Labute approximate surface area is 136 Å². The van der Waals surface area contributed by atoms with Gasteiger partial charge in [0.2, 0.25) is 0 Å². The molecule has 0 spiro atoms. The highest BCUT2D eigenvalue weighted by molar-refractivity contribution is 7.16. The minimum absolute atomic E-state index is 0.0206. The highest BCUT2D eigenvalue weighted by Gasteiger charge is 2.17. The number of hydrogen-bond donors (Lipinski definition) is 1. The first-order valence-electron chi connectivity index (χ1n) is 7.96. The SMILES string of the molecule is CCc1cc(CN2CCCC2)c(NC(=O)c2ccccc2)s1. The molecule has 1 saturated heterocycles. The van der Waals surface area contributed by atoms with Gasteiger partial charge in [0.15, 0.2) is 0 Å². The van der Waals surface area contributed by atoms with Crippen LogP contribution < -0.4 is 5.32 Å². The largest absolute Gasteiger partial charge is 0.313 e. The zero-order valence-electron chi connectivity index (χ0n) is 13.0. The summed E-state index contributed by atoms with van der Waals surface area (Å²) < 4.78 is 0. The van der Waals surface area contributed by atoms with Crippen LogP contribution in [-0.4, -0.2) is 23.9 Å². The minimum atomic E-state index is -0.0206. The lowest BCUT2D eigenvalue weighted by atomic mass is 10.2. The molecule has 1 amide bonds. The number of rotatable bonds is 5. The first-order chi connectivity index (χ1) is 10.8. The van der Waals surface area contributed by atoms with E-state index in [2.05, 4.69) is 23.2 Å². The molecule has 0 bridgehead atoms. The third-order valence-electron chi connectivity index (χ3n) is 4.06. The maximum Gasteiger partial charge on any atom is 0.256 e. The van der Waals surface area contributed by atoms with E-state index in [1.165, 1.54) is 36.4 Å². The normalized spacial score (nSPS) is 15.1. The molecule has 3 rings (SSSR count). The summed E-state index contributed by atoms with van der Waals surface area (Å²) in [6.45, 7) is 5.45. The molecule has 2 aromatic rings. The Morgan fingerprint density at radius 1 is 1.23 bits per heavy atom. The Morgan fingerprint density at radius 3 is 2.64 bits per heavy atom. The standard InChI is InChI=1S/C18H22N2OS/c1-2-16-12-15(13-20-10-6-7-11-20)18(22-16)19-17(21)14-8-4-3-5-9-14/h3-5,8-9,12H,2,6-7,10-11,13H2,1H3,(H,19,21). The number of amides is 1. The summed E-state index contributed by atoms with van der Waals surface area (Å²) in [5.41, 5.74) is 1.97. The van der Waals surface area contributed by atoms with Gasteiger partial charge in [-0.25, -0.2) is 0 Å². The molecule has 1 aliphatic rings. The first-order valence-corrected chi connectivity index (χ1v) is 8.78. The quantitative estimate of drug-likeness (QED) is 0.899. The van der Waals surface area contributed by atoms with Crippen molar-refractivity contribution < 1.29 is 4.79 Å². The summed E-state index contributed by atoms with van der Waals surface area (Å²) in [5, 5.41) is 4.12. The summed E-state index contributed by atoms with van der Waals surface area (Å²) in [6, 6.07) is 11.7. The Kier molecular flexibility index (Phi) is 4.90. The summed E-state index contributed by atoms with van der Waals surface area (Å²) in [6.07, 6.45) is 3.59. The second-order valence-corrected chi connectivity index (χ2v) is 6.86. The Hall–Kier alpha value is -1.65. The van der Waals surface area contributed by atoms with Crippen molar-refractivity contribution in [3.8, 4) is 0 Å². The van der Waals surface area contributed by atoms with Gasteiger partial charge in [-0.2, -0.15) is 0 Å². The molecule has 4 heteroatoms. The number of thiophene rings is 1. The zero-order valence-corrected chi connectivity index (χ0v) is 13.8. The molecule has 0 atom stereocenters. The molecule has 1 aromatic carbocycles. The van der Waals surface area contributed by atoms with Crippen molar-refractivity contribution in [2.75, 3.05) is 18.4 Å². The maximum absolute atomic E-state index is 12.4. The van der Waals surface area contributed by atoms with E-state index >= 15 is 0 Å². The number of carbonyl (C=O) groups excluding carboxylic acids is 1. The van der Waals surface area contributed by atoms with Gasteiger partial charge in [-0.05, 0) is 50.6 Å². The van der Waals surface area contributed by atoms with Crippen LogP contribution in [0.1, 0.15) is 40.6 Å². The summed E-state index contributed by atoms with van der Waals surface area (Å²) in [7, 11) is 0. The number of carbonyl (C=O) groups is 1. The van der Waals surface area contributed by atoms with Crippen LogP contribution in [0.2, 0.25) is 0 Å². The Morgan fingerprint density at radius 2 is 1.95 bits per heavy atom. The fourth-order valence-corrected chi connectivity index (χ4v) is 3.84. The van der Waals surface area contributed by atoms with Crippen LogP contribution in [0, 0.1) is 0 Å². The van der Waals surface area contributed by atoms with Crippen molar-refractivity contribution in [3.63, 3.8) is 0 Å². The van der Waals surface area contributed by atoms with E-state index in [0.29, 0.717) is 5.56 Å². The maximum atomic E-state index is 12.4. The molecule has 22 heavy (non-hydrogen) atoms. The molecular formula is C18H22N2OS. The van der Waals surface area contributed by atoms with Crippen molar-refractivity contribution in [3.05, 3.63) is 52.4 Å². The number of benzene rings is 1. The van der Waals surface area contributed by atoms with Crippen LogP contribution in [0.3, 0.4) is 0 Å². The number of hydrogen-bond acceptors (Lipinski definition) is 3. The van der Waals surface area contributed by atoms with E-state index < -0.39 is 0 Å². The third kappa shape index (κ3) is 3.57. The fourth-order valence-electron chi connectivity index (χ4n) is 2.83. The predicted molar refractivity (Wildman–Crippen MR) is 92.6 cm³/mol. The summed E-state index contributed by atoms with van der Waals surface area (Å²) in [4.78, 5) is 16.2.